The van der Waals surface area contributed by atoms with Gasteiger partial charge < -0.3 is 4.74 Å². The van der Waals surface area contributed by atoms with Crippen molar-refractivity contribution in [1.82, 2.24) is 0 Å². The summed E-state index contributed by atoms with van der Waals surface area (Å²) in [6.45, 7) is 13.9. The molecule has 0 aliphatic rings. The quantitative estimate of drug-likeness (QED) is 0.260. The van der Waals surface area contributed by atoms with Crippen molar-refractivity contribution in [2.24, 2.45) is 0 Å². The van der Waals surface area contributed by atoms with E-state index in [9.17, 15) is 0 Å². The fourth-order valence-electron chi connectivity index (χ4n) is 3.08. The van der Waals surface area contributed by atoms with Crippen LogP contribution >= 0.6 is 12.6 Å². The first-order chi connectivity index (χ1) is 13.4. The molecule has 0 N–H and O–H groups in total. The van der Waals surface area contributed by atoms with Crippen molar-refractivity contribution < 1.29 is 4.74 Å². The standard InChI is InChI=1S/C26H26OS/c1-6-20-15-22(11-13-24(20)21-9-7-18(4)8-10-21)23-12-14-25(26(28)16-23)27-19(5)17(2)3/h7-16,28H,2,5-6H2,1,3-4H3. The largest absolute Gasteiger partial charge is 0.457 e. The maximum absolute atomic E-state index is 5.76. The van der Waals surface area contributed by atoms with Crippen molar-refractivity contribution in [3.05, 3.63) is 96.3 Å². The molecule has 142 valence electrons. The summed E-state index contributed by atoms with van der Waals surface area (Å²) in [6.07, 6.45) is 0.977. The maximum atomic E-state index is 5.76. The van der Waals surface area contributed by atoms with Crippen molar-refractivity contribution in [2.45, 2.75) is 32.1 Å². The minimum atomic E-state index is 0.554. The van der Waals surface area contributed by atoms with E-state index in [1.807, 2.05) is 19.1 Å². The summed E-state index contributed by atoms with van der Waals surface area (Å²) in [6, 6.07) is 21.4. The molecule has 0 amide bonds. The molecule has 3 aromatic rings. The second-order valence-corrected chi connectivity index (χ2v) is 7.56. The van der Waals surface area contributed by atoms with Gasteiger partial charge in [-0.15, -0.1) is 12.6 Å². The molecule has 0 bridgehead atoms. The minimum Gasteiger partial charge on any atom is -0.457 e. The monoisotopic (exact) mass is 386 g/mol. The van der Waals surface area contributed by atoms with E-state index >= 15 is 0 Å². The van der Waals surface area contributed by atoms with Gasteiger partial charge >= 0.3 is 0 Å². The van der Waals surface area contributed by atoms with Crippen LogP contribution in [0.5, 0.6) is 5.75 Å². The van der Waals surface area contributed by atoms with Crippen LogP contribution in [0.4, 0.5) is 0 Å². The molecule has 0 atom stereocenters. The van der Waals surface area contributed by atoms with Gasteiger partial charge in [0.1, 0.15) is 11.5 Å². The number of thiol groups is 1. The lowest BCUT2D eigenvalue weighted by atomic mass is 9.93. The van der Waals surface area contributed by atoms with Crippen LogP contribution in [0.15, 0.2) is 90.0 Å². The van der Waals surface area contributed by atoms with Crippen LogP contribution in [0.1, 0.15) is 25.0 Å². The second-order valence-electron chi connectivity index (χ2n) is 7.08. The summed E-state index contributed by atoms with van der Waals surface area (Å²) in [4.78, 5) is 0.778. The maximum Gasteiger partial charge on any atom is 0.140 e. The highest BCUT2D eigenvalue weighted by molar-refractivity contribution is 7.80. The molecule has 3 aromatic carbocycles. The zero-order chi connectivity index (χ0) is 20.3. The van der Waals surface area contributed by atoms with Crippen molar-refractivity contribution in [3.63, 3.8) is 0 Å². The Kier molecular flexibility index (Phi) is 6.11. The Balaban J connectivity index is 1.93. The minimum absolute atomic E-state index is 0.554. The van der Waals surface area contributed by atoms with Gasteiger partial charge in [0, 0.05) is 4.90 Å². The molecular weight excluding hydrogens is 360 g/mol. The number of hydrogen-bond donors (Lipinski definition) is 1. The number of hydrogen-bond acceptors (Lipinski definition) is 2. The molecule has 0 saturated heterocycles. The molecule has 0 radical (unpaired) electrons. The SMILES string of the molecule is C=C(C)C(=C)Oc1ccc(-c2ccc(-c3ccc(C)cc3)c(CC)c2)cc1S. The second kappa shape index (κ2) is 8.53. The lowest BCUT2D eigenvalue weighted by molar-refractivity contribution is 0.429. The van der Waals surface area contributed by atoms with Crippen LogP contribution in [-0.4, -0.2) is 0 Å². The average molecular weight is 387 g/mol. The molecular formula is C26H26OS. The lowest BCUT2D eigenvalue weighted by Gasteiger charge is -2.14. The van der Waals surface area contributed by atoms with Crippen LogP contribution in [0, 0.1) is 6.92 Å². The van der Waals surface area contributed by atoms with E-state index in [1.165, 1.54) is 27.8 Å². The third-order valence-corrected chi connectivity index (χ3v) is 5.20. The van der Waals surface area contributed by atoms with Gasteiger partial charge in [-0.25, -0.2) is 0 Å². The number of aryl methyl sites for hydroxylation is 2. The molecule has 3 rings (SSSR count). The Morgan fingerprint density at radius 1 is 0.893 bits per heavy atom. The first kappa shape index (κ1) is 20.0. The summed E-state index contributed by atoms with van der Waals surface area (Å²) >= 11 is 4.60. The molecule has 0 saturated carbocycles. The first-order valence-corrected chi connectivity index (χ1v) is 9.89. The van der Waals surface area contributed by atoms with Crippen LogP contribution in [-0.2, 0) is 6.42 Å². The zero-order valence-corrected chi connectivity index (χ0v) is 17.6. The third kappa shape index (κ3) is 4.40. The highest BCUT2D eigenvalue weighted by Crippen LogP contribution is 2.33. The first-order valence-electron chi connectivity index (χ1n) is 9.45. The fourth-order valence-corrected chi connectivity index (χ4v) is 3.34. The Labute approximate surface area is 173 Å². The van der Waals surface area contributed by atoms with E-state index in [2.05, 4.69) is 88.2 Å². The Morgan fingerprint density at radius 2 is 1.50 bits per heavy atom. The van der Waals surface area contributed by atoms with Gasteiger partial charge in [-0.1, -0.05) is 74.2 Å². The summed E-state index contributed by atoms with van der Waals surface area (Å²) in [5.74, 6) is 1.24. The number of ether oxygens (including phenoxy) is 1. The summed E-state index contributed by atoms with van der Waals surface area (Å²) in [7, 11) is 0. The van der Waals surface area contributed by atoms with Gasteiger partial charge in [-0.05, 0) is 65.8 Å². The van der Waals surface area contributed by atoms with E-state index in [1.54, 1.807) is 0 Å². The molecule has 0 unspecified atom stereocenters. The van der Waals surface area contributed by atoms with Crippen molar-refractivity contribution in [3.8, 4) is 28.0 Å². The molecule has 0 heterocycles. The van der Waals surface area contributed by atoms with Gasteiger partial charge in [0.2, 0.25) is 0 Å². The van der Waals surface area contributed by atoms with Crippen molar-refractivity contribution in [1.29, 1.82) is 0 Å². The van der Waals surface area contributed by atoms with Crippen molar-refractivity contribution in [2.75, 3.05) is 0 Å². The van der Waals surface area contributed by atoms with Crippen LogP contribution < -0.4 is 4.74 Å². The molecule has 2 heteroatoms. The predicted molar refractivity (Wildman–Crippen MR) is 123 cm³/mol. The normalized spacial score (nSPS) is 10.6. The predicted octanol–water partition coefficient (Wildman–Crippen LogP) is 7.65. The highest BCUT2D eigenvalue weighted by Gasteiger charge is 2.09. The molecule has 0 fully saturated rings. The van der Waals surface area contributed by atoms with Gasteiger partial charge in [-0.2, -0.15) is 0 Å². The summed E-state index contributed by atoms with van der Waals surface area (Å²) in [5.41, 5.74) is 8.24. The Bertz CT molecular complexity index is 1030. The zero-order valence-electron chi connectivity index (χ0n) is 16.8. The average Bonchev–Trinajstić information content (AvgIpc) is 2.69. The molecule has 0 aliphatic carbocycles. The number of rotatable bonds is 6. The molecule has 0 aliphatic heterocycles. The third-order valence-electron chi connectivity index (χ3n) is 4.85. The summed E-state index contributed by atoms with van der Waals surface area (Å²) in [5, 5.41) is 0. The molecule has 0 spiro atoms. The van der Waals surface area contributed by atoms with Crippen LogP contribution in [0.25, 0.3) is 22.3 Å². The van der Waals surface area contributed by atoms with Crippen LogP contribution in [0.2, 0.25) is 0 Å². The Morgan fingerprint density at radius 3 is 2.11 bits per heavy atom. The molecule has 28 heavy (non-hydrogen) atoms. The molecule has 0 aromatic heterocycles. The number of benzene rings is 3. The number of allylic oxidation sites excluding steroid dienone is 1. The lowest BCUT2D eigenvalue weighted by Crippen LogP contribution is -1.95. The van der Waals surface area contributed by atoms with Gasteiger partial charge in [0.25, 0.3) is 0 Å². The van der Waals surface area contributed by atoms with E-state index in [-0.39, 0.29) is 0 Å². The van der Waals surface area contributed by atoms with Crippen LogP contribution in [0.3, 0.4) is 0 Å². The van der Waals surface area contributed by atoms with Crippen molar-refractivity contribution >= 4 is 12.6 Å². The van der Waals surface area contributed by atoms with Gasteiger partial charge in [0.15, 0.2) is 0 Å². The summed E-state index contributed by atoms with van der Waals surface area (Å²) < 4.78 is 5.76. The highest BCUT2D eigenvalue weighted by atomic mass is 32.1. The topological polar surface area (TPSA) is 9.23 Å². The smallest absolute Gasteiger partial charge is 0.140 e. The fraction of sp³-hybridized carbons (Fsp3) is 0.154. The van der Waals surface area contributed by atoms with E-state index < -0.39 is 0 Å². The van der Waals surface area contributed by atoms with E-state index in [4.69, 9.17) is 4.74 Å². The van der Waals surface area contributed by atoms with E-state index in [0.717, 1.165) is 22.5 Å². The van der Waals surface area contributed by atoms with Gasteiger partial charge in [0.05, 0.1) is 0 Å². The molecule has 1 nitrogen and oxygen atoms in total. The van der Waals surface area contributed by atoms with Gasteiger partial charge in [-0.3, -0.25) is 0 Å². The Hall–Kier alpha value is -2.71. The van der Waals surface area contributed by atoms with E-state index in [0.29, 0.717) is 11.5 Å².